The fraction of sp³-hybridized carbons (Fsp3) is 0.458. The van der Waals surface area contributed by atoms with E-state index in [-0.39, 0.29) is 12.8 Å². The molecule has 0 unspecified atom stereocenters. The van der Waals surface area contributed by atoms with Gasteiger partial charge in [-0.3, -0.25) is 4.90 Å². The van der Waals surface area contributed by atoms with Crippen LogP contribution in [0.5, 0.6) is 17.2 Å². The highest BCUT2D eigenvalue weighted by Crippen LogP contribution is 2.44. The van der Waals surface area contributed by atoms with Crippen LogP contribution in [0, 0.1) is 6.92 Å². The maximum absolute atomic E-state index is 11.3. The van der Waals surface area contributed by atoms with Gasteiger partial charge in [0.25, 0.3) is 0 Å². The van der Waals surface area contributed by atoms with Crippen molar-refractivity contribution in [3.05, 3.63) is 53.1 Å². The molecule has 0 amide bonds. The lowest BCUT2D eigenvalue weighted by Crippen LogP contribution is -2.25. The van der Waals surface area contributed by atoms with Gasteiger partial charge in [-0.05, 0) is 72.6 Å². The molecule has 0 aromatic heterocycles. The molecule has 1 fully saturated rings. The molecule has 0 spiro atoms. The highest BCUT2D eigenvalue weighted by atomic mass is 32.2. The smallest absolute Gasteiger partial charge is 0.231 e. The van der Waals surface area contributed by atoms with Crippen LogP contribution in [0.1, 0.15) is 41.5 Å². The minimum Gasteiger partial charge on any atom is -0.494 e. The molecule has 2 atom stereocenters. The second-order valence-corrected chi connectivity index (χ2v) is 8.89. The Morgan fingerprint density at radius 2 is 2.03 bits per heavy atom. The zero-order valence-electron chi connectivity index (χ0n) is 17.6. The summed E-state index contributed by atoms with van der Waals surface area (Å²) >= 11 is 1.84. The van der Waals surface area contributed by atoms with Gasteiger partial charge in [-0.2, -0.15) is 11.8 Å². The summed E-state index contributed by atoms with van der Waals surface area (Å²) in [4.78, 5) is 13.6. The van der Waals surface area contributed by atoms with Gasteiger partial charge in [0.15, 0.2) is 11.5 Å². The summed E-state index contributed by atoms with van der Waals surface area (Å²) in [7, 11) is 0. The van der Waals surface area contributed by atoms with Gasteiger partial charge in [0.05, 0.1) is 13.2 Å². The van der Waals surface area contributed by atoms with Crippen molar-refractivity contribution in [2.75, 3.05) is 38.5 Å². The first kappa shape index (κ1) is 21.1. The first-order valence-electron chi connectivity index (χ1n) is 10.5. The van der Waals surface area contributed by atoms with Crippen molar-refractivity contribution in [1.82, 2.24) is 4.90 Å². The summed E-state index contributed by atoms with van der Waals surface area (Å²) in [6, 6.07) is 12.9. The fourth-order valence-corrected chi connectivity index (χ4v) is 4.82. The van der Waals surface area contributed by atoms with E-state index >= 15 is 0 Å². The Kier molecular flexibility index (Phi) is 6.85. The average Bonchev–Trinajstić information content (AvgIpc) is 3.39. The van der Waals surface area contributed by atoms with Crippen LogP contribution in [0.25, 0.3) is 0 Å². The van der Waals surface area contributed by atoms with Gasteiger partial charge in [-0.1, -0.05) is 18.2 Å². The number of aryl methyl sites for hydroxylation is 1. The number of aldehydes is 1. The van der Waals surface area contributed by atoms with Crippen LogP contribution < -0.4 is 14.2 Å². The Bertz CT molecular complexity index is 870. The van der Waals surface area contributed by atoms with Crippen LogP contribution in [0.3, 0.4) is 0 Å². The Labute approximate surface area is 182 Å². The lowest BCUT2D eigenvalue weighted by atomic mass is 9.92. The van der Waals surface area contributed by atoms with Crippen LogP contribution in [0.15, 0.2) is 36.4 Å². The minimum atomic E-state index is 0.219. The molecule has 0 N–H and O–H groups in total. The van der Waals surface area contributed by atoms with Gasteiger partial charge in [0.1, 0.15) is 12.0 Å². The molecule has 1 saturated heterocycles. The van der Waals surface area contributed by atoms with Gasteiger partial charge in [0.2, 0.25) is 6.79 Å². The summed E-state index contributed by atoms with van der Waals surface area (Å²) < 4.78 is 17.0. The van der Waals surface area contributed by atoms with E-state index < -0.39 is 0 Å². The molecule has 0 radical (unpaired) electrons. The van der Waals surface area contributed by atoms with E-state index in [1.807, 2.05) is 23.9 Å². The Hall–Kier alpha value is -2.18. The number of carbonyl (C=O) groups excluding carboxylic acids is 1. The maximum Gasteiger partial charge on any atom is 0.231 e. The molecule has 30 heavy (non-hydrogen) atoms. The average molecular weight is 428 g/mol. The number of thioether (sulfide) groups is 1. The lowest BCUT2D eigenvalue weighted by molar-refractivity contribution is -0.109. The number of carbonyl (C=O) groups is 1. The molecular weight excluding hydrogens is 398 g/mol. The number of hydrogen-bond donors (Lipinski definition) is 0. The zero-order chi connectivity index (χ0) is 20.9. The summed E-state index contributed by atoms with van der Waals surface area (Å²) in [6.45, 7) is 4.39. The highest BCUT2D eigenvalue weighted by Gasteiger charge is 2.34. The Morgan fingerprint density at radius 1 is 1.20 bits per heavy atom. The van der Waals surface area contributed by atoms with E-state index in [0.717, 1.165) is 60.8 Å². The van der Waals surface area contributed by atoms with Crippen molar-refractivity contribution in [3.8, 4) is 17.2 Å². The number of nitrogens with zero attached hydrogens (tertiary/aromatic N) is 1. The van der Waals surface area contributed by atoms with Crippen molar-refractivity contribution >= 4 is 18.0 Å². The molecule has 160 valence electrons. The first-order valence-corrected chi connectivity index (χ1v) is 11.9. The SMILES string of the molecule is CSCCCOc1ccc([C@H]2C[C@@H](c3cc(C)c4c(c3)OCO4)CN2CC=O)cc1. The number of benzene rings is 2. The van der Waals surface area contributed by atoms with Gasteiger partial charge in [-0.25, -0.2) is 0 Å². The number of fused-ring (bicyclic) bond motifs is 1. The molecule has 4 rings (SSSR count). The van der Waals surface area contributed by atoms with E-state index in [9.17, 15) is 4.79 Å². The van der Waals surface area contributed by atoms with E-state index in [1.165, 1.54) is 11.1 Å². The molecule has 2 heterocycles. The summed E-state index contributed by atoms with van der Waals surface area (Å²) in [5.41, 5.74) is 3.59. The van der Waals surface area contributed by atoms with E-state index in [1.54, 1.807) is 0 Å². The van der Waals surface area contributed by atoms with Gasteiger partial charge < -0.3 is 19.0 Å². The van der Waals surface area contributed by atoms with Crippen molar-refractivity contribution in [2.45, 2.75) is 31.7 Å². The third-order valence-electron chi connectivity index (χ3n) is 5.89. The van der Waals surface area contributed by atoms with Crippen LogP contribution in [0.4, 0.5) is 0 Å². The number of rotatable bonds is 9. The summed E-state index contributed by atoms with van der Waals surface area (Å²) in [5.74, 6) is 4.06. The van der Waals surface area contributed by atoms with Crippen molar-refractivity contribution in [1.29, 1.82) is 0 Å². The molecule has 2 aromatic carbocycles. The largest absolute Gasteiger partial charge is 0.494 e. The van der Waals surface area contributed by atoms with E-state index in [2.05, 4.69) is 42.3 Å². The third-order valence-corrected chi connectivity index (χ3v) is 6.59. The maximum atomic E-state index is 11.3. The molecule has 5 nitrogen and oxygen atoms in total. The minimum absolute atomic E-state index is 0.219. The highest BCUT2D eigenvalue weighted by molar-refractivity contribution is 7.98. The molecule has 2 aliphatic rings. The van der Waals surface area contributed by atoms with Crippen LogP contribution in [-0.4, -0.2) is 49.7 Å². The molecule has 6 heteroatoms. The molecule has 0 saturated carbocycles. The Morgan fingerprint density at radius 3 is 2.80 bits per heavy atom. The molecule has 0 aliphatic carbocycles. The lowest BCUT2D eigenvalue weighted by Gasteiger charge is -2.22. The number of ether oxygens (including phenoxy) is 3. The van der Waals surface area contributed by atoms with E-state index in [0.29, 0.717) is 12.5 Å². The second kappa shape index (κ2) is 9.75. The van der Waals surface area contributed by atoms with Gasteiger partial charge in [0, 0.05) is 12.6 Å². The van der Waals surface area contributed by atoms with Gasteiger partial charge >= 0.3 is 0 Å². The van der Waals surface area contributed by atoms with Crippen LogP contribution >= 0.6 is 11.8 Å². The molecule has 0 bridgehead atoms. The molecular formula is C24H29NO4S. The molecule has 2 aliphatic heterocycles. The van der Waals surface area contributed by atoms with Gasteiger partial charge in [-0.15, -0.1) is 0 Å². The summed E-state index contributed by atoms with van der Waals surface area (Å²) in [5, 5.41) is 0. The number of likely N-dealkylation sites (tertiary alicyclic amines) is 1. The van der Waals surface area contributed by atoms with Crippen LogP contribution in [0.2, 0.25) is 0 Å². The Balaban J connectivity index is 1.48. The predicted octanol–water partition coefficient (Wildman–Crippen LogP) is 4.59. The van der Waals surface area contributed by atoms with Crippen molar-refractivity contribution < 1.29 is 19.0 Å². The third kappa shape index (κ3) is 4.60. The van der Waals surface area contributed by atoms with Crippen molar-refractivity contribution in [3.63, 3.8) is 0 Å². The van der Waals surface area contributed by atoms with E-state index in [4.69, 9.17) is 14.2 Å². The predicted molar refractivity (Wildman–Crippen MR) is 120 cm³/mol. The monoisotopic (exact) mass is 427 g/mol. The zero-order valence-corrected chi connectivity index (χ0v) is 18.5. The fourth-order valence-electron chi connectivity index (χ4n) is 4.42. The second-order valence-electron chi connectivity index (χ2n) is 7.90. The standard InChI is InChI=1S/C24H29NO4S/c1-17-12-19(14-23-24(17)29-16-28-23)20-13-22(25(15-20)8-9-26)18-4-6-21(7-5-18)27-10-3-11-30-2/h4-7,9,12,14,20,22H,3,8,10-11,13,15-16H2,1-2H3/t20-,22-/m1/s1. The van der Waals surface area contributed by atoms with Crippen LogP contribution in [-0.2, 0) is 4.79 Å². The quantitative estimate of drug-likeness (QED) is 0.431. The van der Waals surface area contributed by atoms with Crippen molar-refractivity contribution in [2.24, 2.45) is 0 Å². The normalized spacial score (nSPS) is 20.5. The first-order chi connectivity index (χ1) is 14.7. The number of hydrogen-bond acceptors (Lipinski definition) is 6. The molecule has 2 aromatic rings. The topological polar surface area (TPSA) is 48.0 Å². The summed E-state index contributed by atoms with van der Waals surface area (Å²) in [6.07, 6.45) is 5.14.